The Morgan fingerprint density at radius 3 is 2.91 bits per heavy atom. The van der Waals surface area contributed by atoms with Crippen molar-refractivity contribution in [3.63, 3.8) is 0 Å². The van der Waals surface area contributed by atoms with Crippen LogP contribution in [0.5, 0.6) is 0 Å². The van der Waals surface area contributed by atoms with Crippen LogP contribution >= 0.6 is 0 Å². The van der Waals surface area contributed by atoms with E-state index in [0.29, 0.717) is 26.2 Å². The highest BCUT2D eigenvalue weighted by molar-refractivity contribution is 5.91. The fraction of sp³-hybridized carbons (Fsp3) is 0.400. The van der Waals surface area contributed by atoms with Gasteiger partial charge in [-0.25, -0.2) is 4.68 Å². The number of aliphatic hydroxyl groups is 1. The molecular formula is C15H19N5O2. The summed E-state index contributed by atoms with van der Waals surface area (Å²) in [5.41, 5.74) is 1.39. The molecule has 7 heteroatoms. The molecule has 116 valence electrons. The monoisotopic (exact) mass is 301 g/mol. The van der Waals surface area contributed by atoms with Gasteiger partial charge in [-0.3, -0.25) is 4.79 Å². The standard InChI is InChI=1S/C15H19N5O2/c21-14-8-16-6-12(14)7-17-15(22)13-10-20(19-18-13)9-11-4-2-1-3-5-11/h1-5,10,12,14,16,21H,6-9H2,(H,17,22). The van der Waals surface area contributed by atoms with E-state index >= 15 is 0 Å². The Bertz CT molecular complexity index is 628. The summed E-state index contributed by atoms with van der Waals surface area (Å²) in [4.78, 5) is 12.0. The van der Waals surface area contributed by atoms with Gasteiger partial charge in [-0.15, -0.1) is 5.10 Å². The second-order valence-corrected chi connectivity index (χ2v) is 5.48. The lowest BCUT2D eigenvalue weighted by Gasteiger charge is -2.13. The molecule has 1 aromatic heterocycles. The number of benzene rings is 1. The van der Waals surface area contributed by atoms with Gasteiger partial charge in [0, 0.05) is 25.6 Å². The van der Waals surface area contributed by atoms with Crippen LogP contribution in [0, 0.1) is 5.92 Å². The van der Waals surface area contributed by atoms with Crippen LogP contribution in [0.15, 0.2) is 36.5 Å². The predicted octanol–water partition coefficient (Wildman–Crippen LogP) is -0.363. The second-order valence-electron chi connectivity index (χ2n) is 5.48. The molecule has 3 rings (SSSR count). The average Bonchev–Trinajstić information content (AvgIpc) is 3.15. The average molecular weight is 301 g/mol. The van der Waals surface area contributed by atoms with Crippen LogP contribution in [0.1, 0.15) is 16.1 Å². The Kier molecular flexibility index (Phi) is 4.45. The number of hydrogen-bond donors (Lipinski definition) is 3. The SMILES string of the molecule is O=C(NCC1CNCC1O)c1cn(Cc2ccccc2)nn1. The summed E-state index contributed by atoms with van der Waals surface area (Å²) >= 11 is 0. The summed E-state index contributed by atoms with van der Waals surface area (Å²) in [7, 11) is 0. The Hall–Kier alpha value is -2.25. The zero-order valence-electron chi connectivity index (χ0n) is 12.1. The largest absolute Gasteiger partial charge is 0.391 e. The molecule has 3 N–H and O–H groups in total. The normalized spacial score (nSPS) is 21.0. The smallest absolute Gasteiger partial charge is 0.273 e. The van der Waals surface area contributed by atoms with E-state index in [-0.39, 0.29) is 17.5 Å². The molecule has 1 fully saturated rings. The van der Waals surface area contributed by atoms with Crippen molar-refractivity contribution in [3.05, 3.63) is 47.8 Å². The minimum Gasteiger partial charge on any atom is -0.391 e. The minimum absolute atomic E-state index is 0.0447. The van der Waals surface area contributed by atoms with Crippen molar-refractivity contribution in [2.24, 2.45) is 5.92 Å². The topological polar surface area (TPSA) is 92.1 Å². The quantitative estimate of drug-likeness (QED) is 0.701. The number of hydrogen-bond acceptors (Lipinski definition) is 5. The maximum Gasteiger partial charge on any atom is 0.273 e. The van der Waals surface area contributed by atoms with E-state index in [9.17, 15) is 9.90 Å². The number of aliphatic hydroxyl groups excluding tert-OH is 1. The number of β-amino-alcohol motifs (C(OH)–C–C–N with tert-alkyl or cyclic N) is 1. The first-order chi connectivity index (χ1) is 10.7. The van der Waals surface area contributed by atoms with Crippen molar-refractivity contribution in [2.45, 2.75) is 12.6 Å². The molecule has 1 aliphatic rings. The number of nitrogens with one attached hydrogen (secondary N) is 2. The molecule has 0 radical (unpaired) electrons. The molecule has 7 nitrogen and oxygen atoms in total. The maximum absolute atomic E-state index is 12.0. The van der Waals surface area contributed by atoms with E-state index < -0.39 is 6.10 Å². The second kappa shape index (κ2) is 6.67. The highest BCUT2D eigenvalue weighted by Gasteiger charge is 2.25. The fourth-order valence-corrected chi connectivity index (χ4v) is 2.49. The lowest BCUT2D eigenvalue weighted by molar-refractivity contribution is 0.0922. The van der Waals surface area contributed by atoms with Crippen LogP contribution in [0.3, 0.4) is 0 Å². The van der Waals surface area contributed by atoms with Gasteiger partial charge in [-0.2, -0.15) is 0 Å². The first-order valence-corrected chi connectivity index (χ1v) is 7.33. The van der Waals surface area contributed by atoms with E-state index in [1.54, 1.807) is 10.9 Å². The Morgan fingerprint density at radius 2 is 2.18 bits per heavy atom. The number of rotatable bonds is 5. The van der Waals surface area contributed by atoms with Gasteiger partial charge in [0.25, 0.3) is 5.91 Å². The van der Waals surface area contributed by atoms with Gasteiger partial charge in [0.05, 0.1) is 18.8 Å². The molecule has 2 heterocycles. The lowest BCUT2D eigenvalue weighted by atomic mass is 10.1. The summed E-state index contributed by atoms with van der Waals surface area (Å²) in [5.74, 6) is -0.221. The highest BCUT2D eigenvalue weighted by atomic mass is 16.3. The number of aromatic nitrogens is 3. The molecule has 0 aliphatic carbocycles. The van der Waals surface area contributed by atoms with Gasteiger partial charge in [0.15, 0.2) is 5.69 Å². The van der Waals surface area contributed by atoms with Gasteiger partial charge < -0.3 is 15.7 Å². The van der Waals surface area contributed by atoms with Gasteiger partial charge in [-0.05, 0) is 5.56 Å². The molecule has 1 aromatic carbocycles. The highest BCUT2D eigenvalue weighted by Crippen LogP contribution is 2.07. The van der Waals surface area contributed by atoms with E-state index in [1.165, 1.54) is 0 Å². The van der Waals surface area contributed by atoms with Crippen molar-refractivity contribution in [2.75, 3.05) is 19.6 Å². The molecule has 1 amide bonds. The van der Waals surface area contributed by atoms with Crippen LogP contribution in [-0.4, -0.2) is 51.7 Å². The zero-order valence-corrected chi connectivity index (χ0v) is 12.1. The van der Waals surface area contributed by atoms with Gasteiger partial charge in [0.1, 0.15) is 0 Å². The summed E-state index contributed by atoms with van der Waals surface area (Å²) in [5, 5.41) is 23.4. The zero-order chi connectivity index (χ0) is 15.4. The molecule has 2 atom stereocenters. The molecule has 1 aliphatic heterocycles. The Morgan fingerprint density at radius 1 is 1.36 bits per heavy atom. The first kappa shape index (κ1) is 14.7. The number of amides is 1. The summed E-state index contributed by atoms with van der Waals surface area (Å²) in [6.07, 6.45) is 1.22. The first-order valence-electron chi connectivity index (χ1n) is 7.33. The molecule has 2 unspecified atom stereocenters. The van der Waals surface area contributed by atoms with E-state index in [1.807, 2.05) is 30.3 Å². The van der Waals surface area contributed by atoms with E-state index in [0.717, 1.165) is 5.56 Å². The van der Waals surface area contributed by atoms with Crippen molar-refractivity contribution < 1.29 is 9.90 Å². The Balaban J connectivity index is 1.55. The van der Waals surface area contributed by atoms with Crippen LogP contribution in [0.4, 0.5) is 0 Å². The third-order valence-electron chi connectivity index (χ3n) is 3.79. The minimum atomic E-state index is -0.408. The molecule has 2 aromatic rings. The lowest BCUT2D eigenvalue weighted by Crippen LogP contribution is -2.34. The van der Waals surface area contributed by atoms with Gasteiger partial charge >= 0.3 is 0 Å². The number of nitrogens with zero attached hydrogens (tertiary/aromatic N) is 3. The van der Waals surface area contributed by atoms with E-state index in [4.69, 9.17) is 0 Å². The maximum atomic E-state index is 12.0. The fourth-order valence-electron chi connectivity index (χ4n) is 2.49. The molecule has 22 heavy (non-hydrogen) atoms. The van der Waals surface area contributed by atoms with Crippen LogP contribution < -0.4 is 10.6 Å². The summed E-state index contributed by atoms with van der Waals surface area (Å²) in [6, 6.07) is 9.86. The molecule has 0 spiro atoms. The summed E-state index contributed by atoms with van der Waals surface area (Å²) in [6.45, 7) is 2.29. The predicted molar refractivity (Wildman–Crippen MR) is 80.3 cm³/mol. The van der Waals surface area contributed by atoms with Crippen molar-refractivity contribution in [1.29, 1.82) is 0 Å². The van der Waals surface area contributed by atoms with Crippen LogP contribution in [-0.2, 0) is 6.54 Å². The molecule has 1 saturated heterocycles. The molecule has 0 saturated carbocycles. The van der Waals surface area contributed by atoms with Crippen LogP contribution in [0.2, 0.25) is 0 Å². The van der Waals surface area contributed by atoms with Crippen LogP contribution in [0.25, 0.3) is 0 Å². The number of carbonyl (C=O) groups excluding carboxylic acids is 1. The Labute approximate surface area is 128 Å². The third kappa shape index (κ3) is 3.49. The number of carbonyl (C=O) groups is 1. The molecular weight excluding hydrogens is 282 g/mol. The van der Waals surface area contributed by atoms with Crippen molar-refractivity contribution in [3.8, 4) is 0 Å². The van der Waals surface area contributed by atoms with Gasteiger partial charge in [0.2, 0.25) is 0 Å². The third-order valence-corrected chi connectivity index (χ3v) is 3.79. The van der Waals surface area contributed by atoms with Crippen molar-refractivity contribution in [1.82, 2.24) is 25.6 Å². The van der Waals surface area contributed by atoms with Crippen molar-refractivity contribution >= 4 is 5.91 Å². The van der Waals surface area contributed by atoms with E-state index in [2.05, 4.69) is 20.9 Å². The molecule has 0 bridgehead atoms. The van der Waals surface area contributed by atoms with Gasteiger partial charge in [-0.1, -0.05) is 35.5 Å². The summed E-state index contributed by atoms with van der Waals surface area (Å²) < 4.78 is 1.64.